The molecule has 1 aromatic carbocycles. The van der Waals surface area contributed by atoms with Crippen molar-refractivity contribution in [2.45, 2.75) is 18.3 Å². The Hall–Kier alpha value is -3.29. The predicted octanol–water partition coefficient (Wildman–Crippen LogP) is 1.31. The van der Waals surface area contributed by atoms with E-state index in [2.05, 4.69) is 25.2 Å². The highest BCUT2D eigenvalue weighted by Crippen LogP contribution is 2.45. The molecular weight excluding hydrogens is 344 g/mol. The lowest BCUT2D eigenvalue weighted by Gasteiger charge is -2.38. The minimum absolute atomic E-state index is 0.0758. The number of aromatic nitrogens is 4. The molecule has 1 spiro atoms. The maximum Gasteiger partial charge on any atom is 0.272 e. The second-order valence-corrected chi connectivity index (χ2v) is 7.03. The number of piperidine rings is 1. The summed E-state index contributed by atoms with van der Waals surface area (Å²) in [7, 11) is 1.73. The van der Waals surface area contributed by atoms with Crippen LogP contribution < -0.4 is 10.2 Å². The normalized spacial score (nSPS) is 18.0. The molecule has 8 nitrogen and oxygen atoms in total. The Morgan fingerprint density at radius 1 is 1.19 bits per heavy atom. The van der Waals surface area contributed by atoms with Crippen LogP contribution in [-0.2, 0) is 22.1 Å². The molecule has 5 rings (SSSR count). The second kappa shape index (κ2) is 5.60. The lowest BCUT2D eigenvalue weighted by atomic mass is 9.73. The second-order valence-electron chi connectivity index (χ2n) is 7.03. The van der Waals surface area contributed by atoms with Crippen molar-refractivity contribution in [1.82, 2.24) is 19.5 Å². The van der Waals surface area contributed by atoms with E-state index >= 15 is 0 Å². The summed E-state index contributed by atoms with van der Waals surface area (Å²) in [6.45, 7) is 1.34. The first-order chi connectivity index (χ1) is 13.1. The van der Waals surface area contributed by atoms with Gasteiger partial charge >= 0.3 is 0 Å². The zero-order chi connectivity index (χ0) is 18.6. The van der Waals surface area contributed by atoms with Crippen molar-refractivity contribution in [2.24, 2.45) is 7.05 Å². The first kappa shape index (κ1) is 15.9. The van der Waals surface area contributed by atoms with Crippen LogP contribution in [0.4, 0.5) is 11.5 Å². The van der Waals surface area contributed by atoms with Crippen LogP contribution in [0.25, 0.3) is 11.2 Å². The van der Waals surface area contributed by atoms with Crippen molar-refractivity contribution in [3.8, 4) is 0 Å². The Morgan fingerprint density at radius 3 is 2.74 bits per heavy atom. The molecule has 1 amide bonds. The number of anilines is 2. The predicted molar refractivity (Wildman–Crippen MR) is 99.3 cm³/mol. The van der Waals surface area contributed by atoms with E-state index < -0.39 is 5.41 Å². The van der Waals surface area contributed by atoms with Gasteiger partial charge in [-0.15, -0.1) is 0 Å². The third-order valence-corrected chi connectivity index (χ3v) is 5.77. The molecule has 3 aromatic rings. The lowest BCUT2D eigenvalue weighted by Crippen LogP contribution is -2.46. The van der Waals surface area contributed by atoms with Crippen LogP contribution in [0.3, 0.4) is 0 Å². The Kier molecular flexibility index (Phi) is 3.30. The number of amides is 1. The molecule has 1 saturated heterocycles. The first-order valence-electron chi connectivity index (χ1n) is 8.85. The molecule has 2 aliphatic heterocycles. The van der Waals surface area contributed by atoms with Gasteiger partial charge < -0.3 is 14.8 Å². The highest BCUT2D eigenvalue weighted by molar-refractivity contribution is 6.06. The molecule has 1 N–H and O–H groups in total. The minimum atomic E-state index is -0.481. The average molecular weight is 361 g/mol. The molecule has 2 aliphatic rings. The largest absolute Gasteiger partial charge is 0.355 e. The molecular formula is C19H17N6O2. The molecule has 1 radical (unpaired) electrons. The van der Waals surface area contributed by atoms with E-state index in [-0.39, 0.29) is 11.7 Å². The number of nitrogens with zero attached hydrogens (tertiary/aromatic N) is 5. The van der Waals surface area contributed by atoms with Crippen molar-refractivity contribution >= 4 is 34.9 Å². The van der Waals surface area contributed by atoms with Gasteiger partial charge in [-0.2, -0.15) is 0 Å². The van der Waals surface area contributed by atoms with Crippen molar-refractivity contribution in [3.05, 3.63) is 42.0 Å². The summed E-state index contributed by atoms with van der Waals surface area (Å²) in [6, 6.07) is 7.91. The summed E-state index contributed by atoms with van der Waals surface area (Å²) in [6.07, 6.45) is 4.71. The highest BCUT2D eigenvalue weighted by atomic mass is 16.2. The molecule has 0 saturated carbocycles. The topological polar surface area (TPSA) is 93.0 Å². The van der Waals surface area contributed by atoms with Gasteiger partial charge in [0.2, 0.25) is 5.91 Å². The van der Waals surface area contributed by atoms with E-state index in [9.17, 15) is 9.59 Å². The van der Waals surface area contributed by atoms with Crippen molar-refractivity contribution in [3.63, 3.8) is 0 Å². The molecule has 8 heteroatoms. The Balaban J connectivity index is 1.49. The first-order valence-corrected chi connectivity index (χ1v) is 8.85. The Bertz CT molecular complexity index is 1080. The summed E-state index contributed by atoms with van der Waals surface area (Å²) in [4.78, 5) is 38.9. The lowest BCUT2D eigenvalue weighted by molar-refractivity contribution is -0.121. The van der Waals surface area contributed by atoms with E-state index in [4.69, 9.17) is 0 Å². The van der Waals surface area contributed by atoms with Gasteiger partial charge in [-0.25, -0.2) is 15.0 Å². The summed E-state index contributed by atoms with van der Waals surface area (Å²) < 4.78 is 1.61. The van der Waals surface area contributed by atoms with Crippen LogP contribution in [-0.4, -0.2) is 44.8 Å². The zero-order valence-electron chi connectivity index (χ0n) is 14.8. The van der Waals surface area contributed by atoms with E-state index in [1.807, 2.05) is 30.6 Å². The van der Waals surface area contributed by atoms with Crippen LogP contribution in [0.15, 0.2) is 30.6 Å². The minimum Gasteiger partial charge on any atom is -0.355 e. The van der Waals surface area contributed by atoms with Gasteiger partial charge in [0.25, 0.3) is 6.29 Å². The fourth-order valence-electron chi connectivity index (χ4n) is 4.28. The van der Waals surface area contributed by atoms with Gasteiger partial charge in [0.1, 0.15) is 6.33 Å². The summed E-state index contributed by atoms with van der Waals surface area (Å²) in [5, 5.41) is 3.02. The third-order valence-electron chi connectivity index (χ3n) is 5.77. The molecule has 135 valence electrons. The number of benzene rings is 1. The highest BCUT2D eigenvalue weighted by Gasteiger charge is 2.48. The Morgan fingerprint density at radius 2 is 1.96 bits per heavy atom. The molecule has 0 bridgehead atoms. The number of imidazole rings is 1. The van der Waals surface area contributed by atoms with Crippen LogP contribution in [0.5, 0.6) is 0 Å². The number of rotatable bonds is 2. The number of fused-ring (bicyclic) bond motifs is 3. The van der Waals surface area contributed by atoms with Crippen LogP contribution >= 0.6 is 0 Å². The molecule has 1 fully saturated rings. The van der Waals surface area contributed by atoms with E-state index in [1.165, 1.54) is 6.33 Å². The third kappa shape index (κ3) is 2.12. The van der Waals surface area contributed by atoms with Crippen molar-refractivity contribution < 1.29 is 9.59 Å². The van der Waals surface area contributed by atoms with Gasteiger partial charge in [-0.3, -0.25) is 9.59 Å². The monoisotopic (exact) mass is 361 g/mol. The maximum absolute atomic E-state index is 12.7. The molecule has 0 atom stereocenters. The van der Waals surface area contributed by atoms with Gasteiger partial charge in [-0.05, 0) is 24.5 Å². The molecule has 0 unspecified atom stereocenters. The standard InChI is InChI=1S/C19H17N6O2/c1-24-14(10-26)23-15-16(24)20-11-21-17(15)25-8-6-19(7-9-25)12-4-2-3-5-13(12)22-18(19)27/h2-5,11H,6-9H2,1H3,(H,22,27). The fraction of sp³-hybridized carbons (Fsp3) is 0.316. The van der Waals surface area contributed by atoms with E-state index in [0.29, 0.717) is 42.9 Å². The summed E-state index contributed by atoms with van der Waals surface area (Å²) >= 11 is 0. The molecule has 0 aliphatic carbocycles. The van der Waals surface area contributed by atoms with Gasteiger partial charge in [-0.1, -0.05) is 18.2 Å². The van der Waals surface area contributed by atoms with E-state index in [1.54, 1.807) is 11.6 Å². The van der Waals surface area contributed by atoms with Crippen LogP contribution in [0, 0.1) is 0 Å². The average Bonchev–Trinajstić information content (AvgIpc) is 3.17. The van der Waals surface area contributed by atoms with Gasteiger partial charge in [0.05, 0.1) is 5.41 Å². The van der Waals surface area contributed by atoms with Crippen molar-refractivity contribution in [2.75, 3.05) is 23.3 Å². The maximum atomic E-state index is 12.7. The Labute approximate surface area is 155 Å². The summed E-state index contributed by atoms with van der Waals surface area (Å²) in [5.74, 6) is 0.967. The molecule has 2 aromatic heterocycles. The number of carbonyl (C=O) groups excluding carboxylic acids is 2. The van der Waals surface area contributed by atoms with Crippen LogP contribution in [0.1, 0.15) is 24.2 Å². The molecule has 4 heterocycles. The summed E-state index contributed by atoms with van der Waals surface area (Å²) in [5.41, 5.74) is 2.70. The van der Waals surface area contributed by atoms with Gasteiger partial charge in [0.15, 0.2) is 22.8 Å². The number of hydrogen-bond acceptors (Lipinski definition) is 6. The fourth-order valence-corrected chi connectivity index (χ4v) is 4.28. The quantitative estimate of drug-likeness (QED) is 0.740. The van der Waals surface area contributed by atoms with Crippen LogP contribution in [0.2, 0.25) is 0 Å². The van der Waals surface area contributed by atoms with Crippen molar-refractivity contribution in [1.29, 1.82) is 0 Å². The SMILES string of the molecule is Cn1c([C]=O)nc2c(N3CCC4(CC3)C(=O)Nc3ccccc34)ncnc21. The van der Waals surface area contributed by atoms with E-state index in [0.717, 1.165) is 11.3 Å². The smallest absolute Gasteiger partial charge is 0.272 e. The number of hydrogen-bond donors (Lipinski definition) is 1. The number of aryl methyl sites for hydroxylation is 1. The molecule has 27 heavy (non-hydrogen) atoms. The number of nitrogens with one attached hydrogen (secondary N) is 1. The number of carbonyl (C=O) groups is 1. The zero-order valence-corrected chi connectivity index (χ0v) is 14.8. The van der Waals surface area contributed by atoms with Gasteiger partial charge in [0, 0.05) is 25.8 Å². The number of para-hydroxylation sites is 1.